The summed E-state index contributed by atoms with van der Waals surface area (Å²) >= 11 is 0. The zero-order valence-corrected chi connectivity index (χ0v) is 16.0. The van der Waals surface area contributed by atoms with Crippen molar-refractivity contribution < 1.29 is 9.59 Å². The largest absolute Gasteiger partial charge is 0.326 e. The highest BCUT2D eigenvalue weighted by atomic mass is 16.2. The van der Waals surface area contributed by atoms with Gasteiger partial charge in [0.1, 0.15) is 0 Å². The number of carbonyl (C=O) groups is 2. The van der Waals surface area contributed by atoms with Gasteiger partial charge in [0.15, 0.2) is 0 Å². The SMILES string of the molecule is CCCCCCCCC(=O)NN=C(C)c1cccc(NC(=O)C2CC2)c1. The van der Waals surface area contributed by atoms with Crippen molar-refractivity contribution in [3.63, 3.8) is 0 Å². The van der Waals surface area contributed by atoms with Crippen LogP contribution in [0.25, 0.3) is 0 Å². The highest BCUT2D eigenvalue weighted by Crippen LogP contribution is 2.30. The van der Waals surface area contributed by atoms with Crippen molar-refractivity contribution in [3.05, 3.63) is 29.8 Å². The minimum absolute atomic E-state index is 0.0435. The van der Waals surface area contributed by atoms with Crippen LogP contribution in [0.1, 0.15) is 77.2 Å². The van der Waals surface area contributed by atoms with E-state index in [1.165, 1.54) is 25.7 Å². The Morgan fingerprint density at radius 2 is 1.85 bits per heavy atom. The van der Waals surface area contributed by atoms with Crippen LogP contribution in [0.3, 0.4) is 0 Å². The number of hydrogen-bond acceptors (Lipinski definition) is 3. The van der Waals surface area contributed by atoms with Crippen LogP contribution >= 0.6 is 0 Å². The van der Waals surface area contributed by atoms with Gasteiger partial charge in [0, 0.05) is 18.0 Å². The van der Waals surface area contributed by atoms with E-state index in [4.69, 9.17) is 0 Å². The zero-order chi connectivity index (χ0) is 18.8. The first-order valence-electron chi connectivity index (χ1n) is 9.84. The molecule has 2 amide bonds. The number of hydrazone groups is 1. The minimum Gasteiger partial charge on any atom is -0.326 e. The maximum atomic E-state index is 11.9. The van der Waals surface area contributed by atoms with E-state index in [1.807, 2.05) is 31.2 Å². The van der Waals surface area contributed by atoms with E-state index in [0.29, 0.717) is 6.42 Å². The molecule has 5 heteroatoms. The summed E-state index contributed by atoms with van der Waals surface area (Å²) in [5.74, 6) is 0.219. The van der Waals surface area contributed by atoms with Crippen molar-refractivity contribution in [1.29, 1.82) is 0 Å². The lowest BCUT2D eigenvalue weighted by Gasteiger charge is -2.07. The van der Waals surface area contributed by atoms with Gasteiger partial charge in [0.05, 0.1) is 5.71 Å². The third-order valence-corrected chi connectivity index (χ3v) is 4.60. The first-order chi connectivity index (χ1) is 12.6. The molecule has 0 aliphatic heterocycles. The molecule has 0 radical (unpaired) electrons. The van der Waals surface area contributed by atoms with E-state index in [-0.39, 0.29) is 17.7 Å². The van der Waals surface area contributed by atoms with Crippen LogP contribution < -0.4 is 10.7 Å². The van der Waals surface area contributed by atoms with Gasteiger partial charge < -0.3 is 5.32 Å². The van der Waals surface area contributed by atoms with Crippen LogP contribution in [0.5, 0.6) is 0 Å². The average Bonchev–Trinajstić information content (AvgIpc) is 3.48. The van der Waals surface area contributed by atoms with Crippen molar-refractivity contribution in [2.45, 2.75) is 71.6 Å². The maximum Gasteiger partial charge on any atom is 0.240 e. The molecule has 142 valence electrons. The lowest BCUT2D eigenvalue weighted by molar-refractivity contribution is -0.121. The quantitative estimate of drug-likeness (QED) is 0.344. The first kappa shape index (κ1) is 20.1. The molecule has 0 heterocycles. The van der Waals surface area contributed by atoms with Crippen LogP contribution in [0, 0.1) is 5.92 Å². The van der Waals surface area contributed by atoms with Crippen molar-refractivity contribution in [2.75, 3.05) is 5.32 Å². The molecule has 1 aliphatic rings. The fourth-order valence-corrected chi connectivity index (χ4v) is 2.74. The fraction of sp³-hybridized carbons (Fsp3) is 0.571. The molecule has 0 unspecified atom stereocenters. The van der Waals surface area contributed by atoms with E-state index in [0.717, 1.165) is 42.6 Å². The Labute approximate surface area is 156 Å². The third-order valence-electron chi connectivity index (χ3n) is 4.60. The first-order valence-corrected chi connectivity index (χ1v) is 9.84. The number of benzene rings is 1. The van der Waals surface area contributed by atoms with Crippen LogP contribution in [0.4, 0.5) is 5.69 Å². The molecule has 1 aromatic carbocycles. The van der Waals surface area contributed by atoms with E-state index >= 15 is 0 Å². The van der Waals surface area contributed by atoms with Gasteiger partial charge in [-0.25, -0.2) is 5.43 Å². The monoisotopic (exact) mass is 357 g/mol. The van der Waals surface area contributed by atoms with Crippen molar-refractivity contribution >= 4 is 23.2 Å². The lowest BCUT2D eigenvalue weighted by atomic mass is 10.1. The molecule has 0 aromatic heterocycles. The summed E-state index contributed by atoms with van der Waals surface area (Å²) in [7, 11) is 0. The molecule has 0 spiro atoms. The Kier molecular flexibility index (Phi) is 8.32. The van der Waals surface area contributed by atoms with Gasteiger partial charge in [-0.05, 0) is 43.9 Å². The predicted octanol–water partition coefficient (Wildman–Crippen LogP) is 4.63. The summed E-state index contributed by atoms with van der Waals surface area (Å²) in [5.41, 5.74) is 5.02. The smallest absolute Gasteiger partial charge is 0.240 e. The van der Waals surface area contributed by atoms with E-state index in [1.54, 1.807) is 0 Å². The topological polar surface area (TPSA) is 70.6 Å². The van der Waals surface area contributed by atoms with Crippen LogP contribution in [-0.4, -0.2) is 17.5 Å². The van der Waals surface area contributed by atoms with E-state index < -0.39 is 0 Å². The van der Waals surface area contributed by atoms with E-state index in [2.05, 4.69) is 22.8 Å². The van der Waals surface area contributed by atoms with Gasteiger partial charge >= 0.3 is 0 Å². The van der Waals surface area contributed by atoms with Crippen molar-refractivity contribution in [3.8, 4) is 0 Å². The second-order valence-corrected chi connectivity index (χ2v) is 7.09. The molecule has 0 bridgehead atoms. The summed E-state index contributed by atoms with van der Waals surface area (Å²) in [6, 6.07) is 7.56. The van der Waals surface area contributed by atoms with Gasteiger partial charge in [-0.1, -0.05) is 51.2 Å². The molecule has 2 rings (SSSR count). The number of nitrogens with one attached hydrogen (secondary N) is 2. The van der Waals surface area contributed by atoms with Gasteiger partial charge in [-0.15, -0.1) is 0 Å². The molecule has 1 saturated carbocycles. The Balaban J connectivity index is 1.75. The summed E-state index contributed by atoms with van der Waals surface area (Å²) in [4.78, 5) is 23.7. The summed E-state index contributed by atoms with van der Waals surface area (Å²) in [5, 5.41) is 7.13. The Hall–Kier alpha value is -2.17. The van der Waals surface area contributed by atoms with E-state index in [9.17, 15) is 9.59 Å². The molecule has 1 aromatic rings. The van der Waals surface area contributed by atoms with Crippen LogP contribution in [0.2, 0.25) is 0 Å². The standard InChI is InChI=1S/C21H31N3O2/c1-3-4-5-6-7-8-12-20(25)24-23-16(2)18-10-9-11-19(15-18)22-21(26)17-13-14-17/h9-11,15,17H,3-8,12-14H2,1-2H3,(H,22,26)(H,24,25). The molecule has 0 saturated heterocycles. The normalized spacial score (nSPS) is 14.2. The number of hydrogen-bond donors (Lipinski definition) is 2. The van der Waals surface area contributed by atoms with Gasteiger partial charge in [-0.2, -0.15) is 5.10 Å². The van der Waals surface area contributed by atoms with Crippen molar-refractivity contribution in [2.24, 2.45) is 11.0 Å². The number of carbonyl (C=O) groups excluding carboxylic acids is 2. The highest BCUT2D eigenvalue weighted by molar-refractivity contribution is 6.01. The molecular formula is C21H31N3O2. The van der Waals surface area contributed by atoms with Gasteiger partial charge in [0.2, 0.25) is 11.8 Å². The second-order valence-electron chi connectivity index (χ2n) is 7.09. The molecule has 1 aliphatic carbocycles. The number of unbranched alkanes of at least 4 members (excludes halogenated alkanes) is 5. The summed E-state index contributed by atoms with van der Waals surface area (Å²) in [6.07, 6.45) is 9.45. The number of nitrogens with zero attached hydrogens (tertiary/aromatic N) is 1. The predicted molar refractivity (Wildman–Crippen MR) is 106 cm³/mol. The Morgan fingerprint density at radius 3 is 2.58 bits per heavy atom. The van der Waals surface area contributed by atoms with Crippen LogP contribution in [-0.2, 0) is 9.59 Å². The number of rotatable bonds is 11. The Bertz CT molecular complexity index is 636. The van der Waals surface area contributed by atoms with Gasteiger partial charge in [-0.3, -0.25) is 9.59 Å². The summed E-state index contributed by atoms with van der Waals surface area (Å²) < 4.78 is 0. The summed E-state index contributed by atoms with van der Waals surface area (Å²) in [6.45, 7) is 4.05. The van der Waals surface area contributed by atoms with Gasteiger partial charge in [0.25, 0.3) is 0 Å². The minimum atomic E-state index is -0.0435. The molecule has 0 atom stereocenters. The Morgan fingerprint density at radius 1 is 1.12 bits per heavy atom. The molecule has 1 fully saturated rings. The van der Waals surface area contributed by atoms with Crippen LogP contribution in [0.15, 0.2) is 29.4 Å². The highest BCUT2D eigenvalue weighted by Gasteiger charge is 2.29. The fourth-order valence-electron chi connectivity index (χ4n) is 2.74. The maximum absolute atomic E-state index is 11.9. The van der Waals surface area contributed by atoms with Crippen molar-refractivity contribution in [1.82, 2.24) is 5.43 Å². The zero-order valence-electron chi connectivity index (χ0n) is 16.0. The lowest BCUT2D eigenvalue weighted by Crippen LogP contribution is -2.19. The number of anilines is 1. The molecule has 5 nitrogen and oxygen atoms in total. The average molecular weight is 357 g/mol. The third kappa shape index (κ3) is 7.38. The molecule has 2 N–H and O–H groups in total. The molecule has 26 heavy (non-hydrogen) atoms. The second kappa shape index (κ2) is 10.7. The number of amides is 2. The molecular weight excluding hydrogens is 326 g/mol.